The van der Waals surface area contributed by atoms with E-state index in [0.29, 0.717) is 23.3 Å². The second-order valence-corrected chi connectivity index (χ2v) is 7.56. The molecule has 4 rings (SSSR count). The number of nitrogens with zero attached hydrogens (tertiary/aromatic N) is 2. The number of anilines is 4. The normalized spacial score (nSPS) is 7.55. The SMILES string of the molecule is Nc1cccc[nH+]1.Nc1cccc[nH+]1.Nc1cccc[nH+]1.Nc1cccc[nH+]1.O=C([O-])CC(=O)[O-].O=C([O-])CC(=O)[O-].O=[N+]([O-])[O-].O=[N+]([O-])[O-].[Ni+2].[OH3+].[OH3+]. The minimum Gasteiger partial charge on any atom is -0.550 e. The van der Waals surface area contributed by atoms with Crippen molar-refractivity contribution in [3.05, 3.63) is 128 Å². The molecule has 0 saturated heterocycles. The molecule has 0 radical (unpaired) electrons. The number of nitrogen functional groups attached to an aromatic ring is 4. The predicted octanol–water partition coefficient (Wildman–Crippen LogP) is -8.24. The van der Waals surface area contributed by atoms with Crippen LogP contribution in [0, 0.1) is 30.6 Å². The Morgan fingerprint density at radius 1 is 0.453 bits per heavy atom. The van der Waals surface area contributed by atoms with Gasteiger partial charge in [0.15, 0.2) is 0 Å². The van der Waals surface area contributed by atoms with Crippen molar-refractivity contribution in [1.82, 2.24) is 0 Å². The predicted molar refractivity (Wildman–Crippen MR) is 169 cm³/mol. The van der Waals surface area contributed by atoms with Crippen molar-refractivity contribution in [3.8, 4) is 0 Å². The van der Waals surface area contributed by atoms with Gasteiger partial charge in [0, 0.05) is 61.0 Å². The monoisotopic (exact) mass is 804 g/mol. The summed E-state index contributed by atoms with van der Waals surface area (Å²) in [7, 11) is 0. The van der Waals surface area contributed by atoms with Crippen LogP contribution in [0.1, 0.15) is 12.8 Å². The summed E-state index contributed by atoms with van der Waals surface area (Å²) >= 11 is 0. The fraction of sp³-hybridized carbons (Fsp3) is 0.0769. The zero-order valence-corrected chi connectivity index (χ0v) is 28.0. The summed E-state index contributed by atoms with van der Waals surface area (Å²) in [5.74, 6) is -3.71. The van der Waals surface area contributed by atoms with E-state index < -0.39 is 46.9 Å². The summed E-state index contributed by atoms with van der Waals surface area (Å²) in [5.41, 5.74) is 21.2. The number of carbonyl (C=O) groups is 4. The van der Waals surface area contributed by atoms with Crippen LogP contribution < -0.4 is 63.3 Å². The van der Waals surface area contributed by atoms with Crippen LogP contribution >= 0.6 is 0 Å². The number of carboxylic acids is 4. The van der Waals surface area contributed by atoms with Crippen molar-refractivity contribution in [1.29, 1.82) is 0 Å². The van der Waals surface area contributed by atoms with Gasteiger partial charge in [-0.3, -0.25) is 22.9 Å². The van der Waals surface area contributed by atoms with Crippen molar-refractivity contribution in [2.45, 2.75) is 12.8 Å². The van der Waals surface area contributed by atoms with Gasteiger partial charge in [-0.05, 0) is 24.3 Å². The van der Waals surface area contributed by atoms with Gasteiger partial charge < -0.3 is 81.2 Å². The average Bonchev–Trinajstić information content (AvgIpc) is 2.99. The minimum atomic E-state index is -1.75. The summed E-state index contributed by atoms with van der Waals surface area (Å²) in [6, 6.07) is 22.3. The molecule has 296 valence electrons. The molecule has 4 aromatic heterocycles. The number of hydrogen-bond donors (Lipinski definition) is 4. The quantitative estimate of drug-likeness (QED) is 0.0489. The number of aromatic nitrogens is 4. The Hall–Kier alpha value is -7.51. The zero-order valence-electron chi connectivity index (χ0n) is 27.0. The van der Waals surface area contributed by atoms with Gasteiger partial charge in [0.1, 0.15) is 0 Å². The Labute approximate surface area is 308 Å². The number of carbonyl (C=O) groups excluding carboxylic acids is 4. The van der Waals surface area contributed by atoms with Crippen molar-refractivity contribution >= 4 is 47.1 Å². The van der Waals surface area contributed by atoms with E-state index in [2.05, 4.69) is 19.9 Å². The number of aliphatic carboxylic acids is 4. The van der Waals surface area contributed by atoms with E-state index in [-0.39, 0.29) is 27.4 Å². The third-order valence-electron chi connectivity index (χ3n) is 3.51. The Kier molecular flexibility index (Phi) is 48.8. The summed E-state index contributed by atoms with van der Waals surface area (Å²) in [5, 5.41) is 66.6. The van der Waals surface area contributed by atoms with Gasteiger partial charge in [-0.15, -0.1) is 0 Å². The van der Waals surface area contributed by atoms with E-state index in [4.69, 9.17) is 53.6 Å². The number of carboxylic acid groups (broad SMARTS) is 4. The minimum absolute atomic E-state index is 0. The molecule has 53 heavy (non-hydrogen) atoms. The maximum Gasteiger partial charge on any atom is 2.00 e. The molecule has 4 heterocycles. The van der Waals surface area contributed by atoms with E-state index in [9.17, 15) is 39.6 Å². The number of aromatic amines is 4. The fourth-order valence-corrected chi connectivity index (χ4v) is 1.86. The van der Waals surface area contributed by atoms with E-state index in [1.165, 1.54) is 0 Å². The molecule has 0 aliphatic heterocycles. The Morgan fingerprint density at radius 2 is 0.604 bits per heavy atom. The molecule has 0 spiro atoms. The summed E-state index contributed by atoms with van der Waals surface area (Å²) in [6.07, 6.45) is 5.09. The standard InChI is InChI=1S/4C5H6N2.2C3H4O4.2NO3.Ni.2H2O/c4*6-5-3-1-2-4-7-5;2*4-2(5)1-3(6)7;2*2-1(3)4;;;/h4*1-4H,(H2,6,7);2*1H2,(H,4,5)(H,6,7);;;;2*1H2/q;;;;;;2*-1;+2;;/p+2. The third-order valence-corrected chi connectivity index (χ3v) is 3.51. The first kappa shape index (κ1) is 60.8. The maximum absolute atomic E-state index is 9.28. The van der Waals surface area contributed by atoms with Crippen LogP contribution in [0.4, 0.5) is 23.3 Å². The van der Waals surface area contributed by atoms with Gasteiger partial charge in [0.25, 0.3) is 23.3 Å². The molecule has 0 atom stereocenters. The van der Waals surface area contributed by atoms with Crippen molar-refractivity contribution < 1.29 is 97.2 Å². The molecule has 0 aromatic carbocycles. The number of rotatable bonds is 4. The van der Waals surface area contributed by atoms with Crippen LogP contribution in [0.2, 0.25) is 0 Å². The van der Waals surface area contributed by atoms with E-state index in [1.807, 2.05) is 48.5 Å². The Bertz CT molecular complexity index is 1270. The van der Waals surface area contributed by atoms with E-state index in [0.717, 1.165) is 0 Å². The number of pyridine rings is 4. The molecule has 27 heteroatoms. The number of hydrogen-bond acceptors (Lipinski definition) is 18. The van der Waals surface area contributed by atoms with Gasteiger partial charge in [0.2, 0.25) is 0 Å². The van der Waals surface area contributed by atoms with Crippen molar-refractivity contribution in [2.75, 3.05) is 22.9 Å². The number of H-pyrrole nitrogens is 4. The Balaban J connectivity index is -0.0000000913. The number of nitrogens with two attached hydrogens (primary N) is 4. The summed E-state index contributed by atoms with van der Waals surface area (Å²) in [6.45, 7) is 0. The summed E-state index contributed by atoms with van der Waals surface area (Å²) < 4.78 is 0. The molecule has 0 unspecified atom stereocenters. The summed E-state index contributed by atoms with van der Waals surface area (Å²) in [4.78, 5) is 64.8. The van der Waals surface area contributed by atoms with Gasteiger partial charge in [-0.25, -0.2) is 19.9 Å². The van der Waals surface area contributed by atoms with Gasteiger partial charge in [0.05, 0.1) is 35.0 Å². The fourth-order valence-electron chi connectivity index (χ4n) is 1.86. The molecular formula is C26H38N10NiO16+2. The second-order valence-electron chi connectivity index (χ2n) is 7.56. The topological polar surface area (TPSA) is 520 Å². The molecule has 0 fully saturated rings. The van der Waals surface area contributed by atoms with Crippen LogP contribution in [-0.4, -0.2) is 34.1 Å². The molecule has 0 aliphatic carbocycles. The Morgan fingerprint density at radius 3 is 0.642 bits per heavy atom. The molecule has 18 N–H and O–H groups in total. The van der Waals surface area contributed by atoms with Crippen LogP contribution in [0.3, 0.4) is 0 Å². The van der Waals surface area contributed by atoms with Crippen LogP contribution in [0.15, 0.2) is 97.6 Å². The first-order chi connectivity index (χ1) is 23.3. The van der Waals surface area contributed by atoms with Gasteiger partial charge >= 0.3 is 16.5 Å². The maximum atomic E-state index is 9.28. The number of nitrogens with one attached hydrogen (secondary N) is 4. The van der Waals surface area contributed by atoms with Crippen LogP contribution in [0.25, 0.3) is 0 Å². The van der Waals surface area contributed by atoms with Crippen molar-refractivity contribution in [2.24, 2.45) is 0 Å². The molecule has 0 amide bonds. The molecule has 0 aliphatic rings. The second kappa shape index (κ2) is 42.5. The van der Waals surface area contributed by atoms with Gasteiger partial charge in [-0.2, -0.15) is 0 Å². The smallest absolute Gasteiger partial charge is 0.550 e. The molecule has 0 saturated carbocycles. The largest absolute Gasteiger partial charge is 2.00 e. The first-order valence-corrected chi connectivity index (χ1v) is 12.6. The molecule has 0 bridgehead atoms. The molecular weight excluding hydrogens is 767 g/mol. The van der Waals surface area contributed by atoms with Crippen LogP contribution in [-0.2, 0) is 46.6 Å². The van der Waals surface area contributed by atoms with Gasteiger partial charge in [-0.1, -0.05) is 24.3 Å². The van der Waals surface area contributed by atoms with Crippen molar-refractivity contribution in [3.63, 3.8) is 0 Å². The zero-order chi connectivity index (χ0) is 39.3. The van der Waals surface area contributed by atoms with E-state index >= 15 is 0 Å². The average molecular weight is 805 g/mol. The van der Waals surface area contributed by atoms with Crippen LogP contribution in [0.5, 0.6) is 0 Å². The van der Waals surface area contributed by atoms with E-state index in [1.54, 1.807) is 49.1 Å². The third kappa shape index (κ3) is 76.1. The first-order valence-electron chi connectivity index (χ1n) is 12.6. The molecule has 4 aromatic rings. The molecule has 26 nitrogen and oxygen atoms in total.